The van der Waals surface area contributed by atoms with Crippen LogP contribution in [0, 0.1) is 0 Å². The second-order valence-corrected chi connectivity index (χ2v) is 5.96. The van der Waals surface area contributed by atoms with Gasteiger partial charge in [-0.25, -0.2) is 0 Å². The lowest BCUT2D eigenvalue weighted by molar-refractivity contribution is 0.569. The number of halogens is 1. The van der Waals surface area contributed by atoms with Gasteiger partial charge in [-0.2, -0.15) is 0 Å². The number of pyridine rings is 2. The zero-order valence-electron chi connectivity index (χ0n) is 10.2. The van der Waals surface area contributed by atoms with Gasteiger partial charge in [-0.05, 0) is 40.2 Å². The highest BCUT2D eigenvalue weighted by molar-refractivity contribution is 9.10. The predicted molar refractivity (Wildman–Crippen MR) is 73.9 cm³/mol. The van der Waals surface area contributed by atoms with Crippen molar-refractivity contribution >= 4 is 15.9 Å². The number of rotatable bonds is 1. The van der Waals surface area contributed by atoms with Crippen molar-refractivity contribution < 1.29 is 0 Å². The van der Waals surface area contributed by atoms with Crippen molar-refractivity contribution in [3.63, 3.8) is 0 Å². The van der Waals surface area contributed by atoms with E-state index in [-0.39, 0.29) is 5.41 Å². The summed E-state index contributed by atoms with van der Waals surface area (Å²) in [4.78, 5) is 8.85. The third kappa shape index (κ3) is 2.91. The van der Waals surface area contributed by atoms with E-state index in [2.05, 4.69) is 58.8 Å². The molecule has 0 aliphatic heterocycles. The molecule has 17 heavy (non-hydrogen) atoms. The molecule has 2 rings (SSSR count). The van der Waals surface area contributed by atoms with E-state index in [9.17, 15) is 0 Å². The molecule has 2 aromatic heterocycles. The van der Waals surface area contributed by atoms with Crippen molar-refractivity contribution in [2.45, 2.75) is 26.2 Å². The van der Waals surface area contributed by atoms with E-state index < -0.39 is 0 Å². The molecular formula is C14H15BrN2. The molecule has 88 valence electrons. The molecule has 0 aromatic carbocycles. The van der Waals surface area contributed by atoms with Crippen LogP contribution in [-0.4, -0.2) is 9.97 Å². The van der Waals surface area contributed by atoms with Crippen LogP contribution in [0.15, 0.2) is 41.1 Å². The Morgan fingerprint density at radius 3 is 2.18 bits per heavy atom. The monoisotopic (exact) mass is 290 g/mol. The molecule has 0 aliphatic rings. The molecule has 0 fully saturated rings. The van der Waals surface area contributed by atoms with Crippen molar-refractivity contribution in [1.29, 1.82) is 0 Å². The Morgan fingerprint density at radius 1 is 0.941 bits per heavy atom. The molecule has 0 N–H and O–H groups in total. The molecule has 2 heterocycles. The van der Waals surface area contributed by atoms with Crippen LogP contribution in [-0.2, 0) is 5.41 Å². The fourth-order valence-corrected chi connectivity index (χ4v) is 1.77. The van der Waals surface area contributed by atoms with Crippen LogP contribution in [0.4, 0.5) is 0 Å². The Balaban J connectivity index is 2.33. The van der Waals surface area contributed by atoms with E-state index in [0.717, 1.165) is 21.4 Å². The minimum Gasteiger partial charge on any atom is -0.260 e. The highest BCUT2D eigenvalue weighted by Crippen LogP contribution is 2.23. The lowest BCUT2D eigenvalue weighted by Gasteiger charge is -2.17. The Bertz CT molecular complexity index is 495. The van der Waals surface area contributed by atoms with Gasteiger partial charge in [0, 0.05) is 33.5 Å². The van der Waals surface area contributed by atoms with Crippen LogP contribution >= 0.6 is 15.9 Å². The fourth-order valence-electron chi connectivity index (χ4n) is 1.54. The van der Waals surface area contributed by atoms with Gasteiger partial charge in [-0.1, -0.05) is 20.8 Å². The minimum atomic E-state index is 0.0890. The van der Waals surface area contributed by atoms with Crippen molar-refractivity contribution in [3.8, 4) is 11.3 Å². The van der Waals surface area contributed by atoms with Crippen molar-refractivity contribution in [2.75, 3.05) is 0 Å². The lowest BCUT2D eigenvalue weighted by Crippen LogP contribution is -2.12. The second-order valence-electron chi connectivity index (χ2n) is 5.04. The zero-order chi connectivity index (χ0) is 12.5. The second kappa shape index (κ2) is 4.57. The van der Waals surface area contributed by atoms with Gasteiger partial charge < -0.3 is 0 Å². The summed E-state index contributed by atoms with van der Waals surface area (Å²) in [5.74, 6) is 0. The number of aromatic nitrogens is 2. The molecule has 0 spiro atoms. The van der Waals surface area contributed by atoms with E-state index in [1.54, 1.807) is 6.20 Å². The van der Waals surface area contributed by atoms with E-state index in [4.69, 9.17) is 0 Å². The molecule has 0 bridgehead atoms. The molecule has 0 amide bonds. The third-order valence-electron chi connectivity index (χ3n) is 2.56. The third-order valence-corrected chi connectivity index (χ3v) is 3.02. The van der Waals surface area contributed by atoms with Crippen LogP contribution in [0.3, 0.4) is 0 Å². The van der Waals surface area contributed by atoms with Gasteiger partial charge >= 0.3 is 0 Å². The largest absolute Gasteiger partial charge is 0.260 e. The standard InChI is InChI=1S/C14H15BrN2/c1-14(2,3)13-7-4-10(8-17-13)12-6-5-11(15)9-16-12/h4-9H,1-3H3. The lowest BCUT2D eigenvalue weighted by atomic mass is 9.91. The van der Waals surface area contributed by atoms with Crippen molar-refractivity contribution in [1.82, 2.24) is 9.97 Å². The van der Waals surface area contributed by atoms with Gasteiger partial charge in [-0.15, -0.1) is 0 Å². The normalized spacial score (nSPS) is 11.5. The first-order chi connectivity index (χ1) is 7.97. The molecule has 2 nitrogen and oxygen atoms in total. The van der Waals surface area contributed by atoms with Crippen molar-refractivity contribution in [2.24, 2.45) is 0 Å². The molecular weight excluding hydrogens is 276 g/mol. The van der Waals surface area contributed by atoms with Crippen LogP contribution in [0.1, 0.15) is 26.5 Å². The SMILES string of the molecule is CC(C)(C)c1ccc(-c2ccc(Br)cn2)cn1. The van der Waals surface area contributed by atoms with E-state index in [0.29, 0.717) is 0 Å². The molecule has 0 unspecified atom stereocenters. The van der Waals surface area contributed by atoms with Gasteiger partial charge in [0.2, 0.25) is 0 Å². The smallest absolute Gasteiger partial charge is 0.0718 e. The van der Waals surface area contributed by atoms with Crippen molar-refractivity contribution in [3.05, 3.63) is 46.8 Å². The first-order valence-electron chi connectivity index (χ1n) is 5.55. The Hall–Kier alpha value is -1.22. The van der Waals surface area contributed by atoms with E-state index in [1.165, 1.54) is 0 Å². The van der Waals surface area contributed by atoms with Crippen LogP contribution in [0.5, 0.6) is 0 Å². The first-order valence-corrected chi connectivity index (χ1v) is 6.34. The highest BCUT2D eigenvalue weighted by Gasteiger charge is 2.14. The quantitative estimate of drug-likeness (QED) is 0.786. The molecule has 0 aliphatic carbocycles. The number of nitrogens with zero attached hydrogens (tertiary/aromatic N) is 2. The highest BCUT2D eigenvalue weighted by atomic mass is 79.9. The molecule has 0 saturated heterocycles. The molecule has 3 heteroatoms. The maximum atomic E-state index is 4.50. The van der Waals surface area contributed by atoms with E-state index in [1.807, 2.05) is 18.3 Å². The summed E-state index contributed by atoms with van der Waals surface area (Å²) in [7, 11) is 0. The summed E-state index contributed by atoms with van der Waals surface area (Å²) in [6.07, 6.45) is 3.68. The Morgan fingerprint density at radius 2 is 1.71 bits per heavy atom. The van der Waals surface area contributed by atoms with Crippen LogP contribution < -0.4 is 0 Å². The molecule has 0 atom stereocenters. The summed E-state index contributed by atoms with van der Waals surface area (Å²) >= 11 is 3.38. The maximum absolute atomic E-state index is 4.50. The van der Waals surface area contributed by atoms with Gasteiger partial charge in [0.25, 0.3) is 0 Å². The summed E-state index contributed by atoms with van der Waals surface area (Å²) < 4.78 is 0.987. The van der Waals surface area contributed by atoms with Gasteiger partial charge in [0.1, 0.15) is 0 Å². The van der Waals surface area contributed by atoms with Gasteiger partial charge in [0.15, 0.2) is 0 Å². The van der Waals surface area contributed by atoms with Crippen LogP contribution in [0.25, 0.3) is 11.3 Å². The number of hydrogen-bond donors (Lipinski definition) is 0. The topological polar surface area (TPSA) is 25.8 Å². The van der Waals surface area contributed by atoms with Gasteiger partial charge in [0.05, 0.1) is 5.69 Å². The average Bonchev–Trinajstić information content (AvgIpc) is 2.29. The summed E-state index contributed by atoms with van der Waals surface area (Å²) in [6, 6.07) is 8.11. The average molecular weight is 291 g/mol. The Kier molecular flexibility index (Phi) is 3.29. The number of hydrogen-bond acceptors (Lipinski definition) is 2. The molecule has 2 aromatic rings. The summed E-state index contributed by atoms with van der Waals surface area (Å²) in [5.41, 5.74) is 3.18. The summed E-state index contributed by atoms with van der Waals surface area (Å²) in [6.45, 7) is 6.48. The minimum absolute atomic E-state index is 0.0890. The van der Waals surface area contributed by atoms with E-state index >= 15 is 0 Å². The molecule has 0 radical (unpaired) electrons. The van der Waals surface area contributed by atoms with Gasteiger partial charge in [-0.3, -0.25) is 9.97 Å². The molecule has 0 saturated carbocycles. The summed E-state index contributed by atoms with van der Waals surface area (Å²) in [5, 5.41) is 0. The zero-order valence-corrected chi connectivity index (χ0v) is 11.8. The van der Waals surface area contributed by atoms with Crippen LogP contribution in [0.2, 0.25) is 0 Å². The first kappa shape index (κ1) is 12.2. The Labute approximate surface area is 110 Å². The fraction of sp³-hybridized carbons (Fsp3) is 0.286. The maximum Gasteiger partial charge on any atom is 0.0718 e. The predicted octanol–water partition coefficient (Wildman–Crippen LogP) is 4.20.